The molecule has 2 nitrogen and oxygen atoms in total. The maximum absolute atomic E-state index is 9.37. The van der Waals surface area contributed by atoms with E-state index in [2.05, 4.69) is 35.8 Å². The SMILES string of the molecule is CCCC(NC1CCCCCC1C#N)c1cccs1. The van der Waals surface area contributed by atoms with Gasteiger partial charge in [0.05, 0.1) is 12.0 Å². The largest absolute Gasteiger partial charge is 0.305 e. The molecule has 0 spiro atoms. The van der Waals surface area contributed by atoms with E-state index in [0.29, 0.717) is 12.1 Å². The Hall–Kier alpha value is -0.850. The van der Waals surface area contributed by atoms with E-state index in [1.165, 1.54) is 30.6 Å². The van der Waals surface area contributed by atoms with Crippen molar-refractivity contribution in [3.63, 3.8) is 0 Å². The lowest BCUT2D eigenvalue weighted by atomic mass is 9.94. The first-order valence-electron chi connectivity index (χ1n) is 7.54. The van der Waals surface area contributed by atoms with Gasteiger partial charge in [0.15, 0.2) is 0 Å². The minimum Gasteiger partial charge on any atom is -0.305 e. The fraction of sp³-hybridized carbons (Fsp3) is 0.688. The molecule has 0 saturated heterocycles. The highest BCUT2D eigenvalue weighted by atomic mass is 32.1. The van der Waals surface area contributed by atoms with E-state index >= 15 is 0 Å². The van der Waals surface area contributed by atoms with E-state index in [-0.39, 0.29) is 5.92 Å². The summed E-state index contributed by atoms with van der Waals surface area (Å²) in [5.41, 5.74) is 0. The lowest BCUT2D eigenvalue weighted by molar-refractivity contribution is 0.342. The molecule has 3 heteroatoms. The van der Waals surface area contributed by atoms with Gasteiger partial charge in [0.25, 0.3) is 0 Å². The second-order valence-electron chi connectivity index (χ2n) is 5.50. The average Bonchev–Trinajstić information content (AvgIpc) is 2.86. The fourth-order valence-corrected chi connectivity index (χ4v) is 3.83. The van der Waals surface area contributed by atoms with Crippen LogP contribution in [-0.4, -0.2) is 6.04 Å². The lowest BCUT2D eigenvalue weighted by Crippen LogP contribution is -2.37. The lowest BCUT2D eigenvalue weighted by Gasteiger charge is -2.27. The Bertz CT molecular complexity index is 393. The van der Waals surface area contributed by atoms with Crippen LogP contribution in [0, 0.1) is 17.2 Å². The van der Waals surface area contributed by atoms with Gasteiger partial charge in [-0.15, -0.1) is 11.3 Å². The quantitative estimate of drug-likeness (QED) is 0.794. The molecule has 0 aliphatic heterocycles. The van der Waals surface area contributed by atoms with Crippen molar-refractivity contribution in [2.45, 2.75) is 64.0 Å². The molecule has 104 valence electrons. The first-order chi connectivity index (χ1) is 9.35. The monoisotopic (exact) mass is 276 g/mol. The molecule has 1 fully saturated rings. The second kappa shape index (κ2) is 7.67. The second-order valence-corrected chi connectivity index (χ2v) is 6.48. The van der Waals surface area contributed by atoms with Crippen LogP contribution in [0.5, 0.6) is 0 Å². The Labute approximate surface area is 120 Å². The number of thiophene rings is 1. The number of nitriles is 1. The Morgan fingerprint density at radius 1 is 1.42 bits per heavy atom. The molecule has 1 aromatic rings. The van der Waals surface area contributed by atoms with Crippen LogP contribution in [0.2, 0.25) is 0 Å². The van der Waals surface area contributed by atoms with Crippen LogP contribution < -0.4 is 5.32 Å². The summed E-state index contributed by atoms with van der Waals surface area (Å²) in [6.07, 6.45) is 8.33. The zero-order valence-corrected chi connectivity index (χ0v) is 12.6. The first kappa shape index (κ1) is 14.6. The van der Waals surface area contributed by atoms with E-state index in [0.717, 1.165) is 19.3 Å². The number of rotatable bonds is 5. The van der Waals surface area contributed by atoms with E-state index < -0.39 is 0 Å². The third-order valence-corrected chi connectivity index (χ3v) is 5.05. The zero-order chi connectivity index (χ0) is 13.5. The summed E-state index contributed by atoms with van der Waals surface area (Å²) in [5, 5.41) is 15.3. The van der Waals surface area contributed by atoms with E-state index in [1.54, 1.807) is 0 Å². The van der Waals surface area contributed by atoms with E-state index in [9.17, 15) is 5.26 Å². The van der Waals surface area contributed by atoms with Gasteiger partial charge in [-0.2, -0.15) is 5.26 Å². The molecule has 0 amide bonds. The number of nitrogens with zero attached hydrogens (tertiary/aromatic N) is 1. The van der Waals surface area contributed by atoms with Gasteiger partial charge >= 0.3 is 0 Å². The molecule has 1 N–H and O–H groups in total. The molecular formula is C16H24N2S. The maximum atomic E-state index is 9.37. The van der Waals surface area contributed by atoms with Crippen molar-refractivity contribution >= 4 is 11.3 Å². The van der Waals surface area contributed by atoms with Crippen molar-refractivity contribution in [2.75, 3.05) is 0 Å². The Morgan fingerprint density at radius 3 is 2.95 bits per heavy atom. The standard InChI is InChI=1S/C16H24N2S/c1-2-7-15(16-10-6-11-19-16)18-14-9-5-3-4-8-13(14)12-17/h6,10-11,13-15,18H,2-5,7-9H2,1H3. The third kappa shape index (κ3) is 4.06. The molecule has 1 heterocycles. The number of hydrogen-bond donors (Lipinski definition) is 1. The molecule has 0 bridgehead atoms. The van der Waals surface area contributed by atoms with Gasteiger partial charge < -0.3 is 5.32 Å². The van der Waals surface area contributed by atoms with Gasteiger partial charge in [0, 0.05) is 17.0 Å². The van der Waals surface area contributed by atoms with Crippen molar-refractivity contribution in [3.05, 3.63) is 22.4 Å². The van der Waals surface area contributed by atoms with Gasteiger partial charge in [-0.3, -0.25) is 0 Å². The number of nitrogens with one attached hydrogen (secondary N) is 1. The predicted octanol–water partition coefficient (Wildman–Crippen LogP) is 4.65. The van der Waals surface area contributed by atoms with Gasteiger partial charge in [-0.1, -0.05) is 38.7 Å². The predicted molar refractivity (Wildman–Crippen MR) is 81.1 cm³/mol. The summed E-state index contributed by atoms with van der Waals surface area (Å²) in [7, 11) is 0. The van der Waals surface area contributed by atoms with Crippen LogP contribution in [0.4, 0.5) is 0 Å². The fourth-order valence-electron chi connectivity index (χ4n) is 3.01. The smallest absolute Gasteiger partial charge is 0.0672 e. The molecular weight excluding hydrogens is 252 g/mol. The van der Waals surface area contributed by atoms with Crippen LogP contribution in [0.3, 0.4) is 0 Å². The van der Waals surface area contributed by atoms with Crippen LogP contribution >= 0.6 is 11.3 Å². The highest BCUT2D eigenvalue weighted by Gasteiger charge is 2.26. The van der Waals surface area contributed by atoms with Crippen molar-refractivity contribution in [1.29, 1.82) is 5.26 Å². The van der Waals surface area contributed by atoms with Crippen LogP contribution in [0.25, 0.3) is 0 Å². The van der Waals surface area contributed by atoms with Gasteiger partial charge in [-0.05, 0) is 30.7 Å². The van der Waals surface area contributed by atoms with Crippen molar-refractivity contribution in [2.24, 2.45) is 5.92 Å². The first-order valence-corrected chi connectivity index (χ1v) is 8.42. The summed E-state index contributed by atoms with van der Waals surface area (Å²) < 4.78 is 0. The Morgan fingerprint density at radius 2 is 2.26 bits per heavy atom. The topological polar surface area (TPSA) is 35.8 Å². The van der Waals surface area contributed by atoms with Gasteiger partial charge in [-0.25, -0.2) is 0 Å². The molecule has 0 radical (unpaired) electrons. The van der Waals surface area contributed by atoms with Crippen molar-refractivity contribution < 1.29 is 0 Å². The molecule has 19 heavy (non-hydrogen) atoms. The molecule has 1 aromatic heterocycles. The van der Waals surface area contributed by atoms with Gasteiger partial charge in [0.1, 0.15) is 0 Å². The maximum Gasteiger partial charge on any atom is 0.0672 e. The minimum atomic E-state index is 0.196. The highest BCUT2D eigenvalue weighted by molar-refractivity contribution is 7.10. The number of hydrogen-bond acceptors (Lipinski definition) is 3. The molecule has 3 unspecified atom stereocenters. The minimum absolute atomic E-state index is 0.196. The average molecular weight is 276 g/mol. The molecule has 3 atom stereocenters. The van der Waals surface area contributed by atoms with Crippen molar-refractivity contribution in [1.82, 2.24) is 5.32 Å². The Balaban J connectivity index is 2.04. The zero-order valence-electron chi connectivity index (χ0n) is 11.8. The molecule has 1 aliphatic carbocycles. The molecule has 1 aliphatic rings. The molecule has 1 saturated carbocycles. The summed E-state index contributed by atoms with van der Waals surface area (Å²) in [6, 6.07) is 7.69. The van der Waals surface area contributed by atoms with Crippen LogP contribution in [0.1, 0.15) is 62.8 Å². The van der Waals surface area contributed by atoms with Gasteiger partial charge in [0.2, 0.25) is 0 Å². The highest BCUT2D eigenvalue weighted by Crippen LogP contribution is 2.29. The van der Waals surface area contributed by atoms with E-state index in [1.807, 2.05) is 11.3 Å². The molecule has 0 aromatic carbocycles. The van der Waals surface area contributed by atoms with Crippen LogP contribution in [0.15, 0.2) is 17.5 Å². The third-order valence-electron chi connectivity index (χ3n) is 4.06. The summed E-state index contributed by atoms with van der Waals surface area (Å²) >= 11 is 1.83. The normalized spacial score (nSPS) is 25.5. The summed E-state index contributed by atoms with van der Waals surface area (Å²) in [5.74, 6) is 0.196. The van der Waals surface area contributed by atoms with Crippen LogP contribution in [-0.2, 0) is 0 Å². The Kier molecular flexibility index (Phi) is 5.88. The summed E-state index contributed by atoms with van der Waals surface area (Å²) in [4.78, 5) is 1.42. The summed E-state index contributed by atoms with van der Waals surface area (Å²) in [6.45, 7) is 2.23. The van der Waals surface area contributed by atoms with E-state index in [4.69, 9.17) is 0 Å². The molecule has 2 rings (SSSR count). The van der Waals surface area contributed by atoms with Crippen molar-refractivity contribution in [3.8, 4) is 6.07 Å².